The lowest BCUT2D eigenvalue weighted by atomic mass is 10.1. The second-order valence-corrected chi connectivity index (χ2v) is 7.46. The SMILES string of the molecule is CC(C)CNC(N)=NCc1ccccc1CS(C)(=O)=O.I. The normalized spacial score (nSPS) is 12.1. The molecule has 0 amide bonds. The Morgan fingerprint density at radius 3 is 2.38 bits per heavy atom. The van der Waals surface area contributed by atoms with E-state index in [0.717, 1.165) is 17.7 Å². The summed E-state index contributed by atoms with van der Waals surface area (Å²) < 4.78 is 22.8. The number of sulfone groups is 1. The number of halogens is 1. The fourth-order valence-electron chi connectivity index (χ4n) is 1.67. The summed E-state index contributed by atoms with van der Waals surface area (Å²) >= 11 is 0. The molecule has 0 heterocycles. The third-order valence-corrected chi connectivity index (χ3v) is 3.48. The molecule has 0 aliphatic carbocycles. The maximum absolute atomic E-state index is 11.4. The van der Waals surface area contributed by atoms with Crippen LogP contribution in [0.1, 0.15) is 25.0 Å². The molecular weight excluding hydrogens is 401 g/mol. The van der Waals surface area contributed by atoms with Crippen molar-refractivity contribution in [3.05, 3.63) is 35.4 Å². The predicted molar refractivity (Wildman–Crippen MR) is 98.6 cm³/mol. The van der Waals surface area contributed by atoms with Gasteiger partial charge in [0.2, 0.25) is 0 Å². The van der Waals surface area contributed by atoms with Crippen molar-refractivity contribution in [3.8, 4) is 0 Å². The minimum absolute atomic E-state index is 0. The van der Waals surface area contributed by atoms with Crippen molar-refractivity contribution < 1.29 is 8.42 Å². The standard InChI is InChI=1S/C14H23N3O2S.HI/c1-11(2)8-16-14(15)17-9-12-6-4-5-7-13(12)10-20(3,18)19;/h4-7,11H,8-10H2,1-3H3,(H3,15,16,17);1H. The Balaban J connectivity index is 0.00000400. The number of benzene rings is 1. The number of nitrogens with two attached hydrogens (primary N) is 1. The number of rotatable bonds is 6. The smallest absolute Gasteiger partial charge is 0.188 e. The molecule has 0 radical (unpaired) electrons. The summed E-state index contributed by atoms with van der Waals surface area (Å²) in [4.78, 5) is 4.25. The minimum atomic E-state index is -3.06. The van der Waals surface area contributed by atoms with E-state index >= 15 is 0 Å². The maximum atomic E-state index is 11.4. The minimum Gasteiger partial charge on any atom is -0.370 e. The van der Waals surface area contributed by atoms with Gasteiger partial charge in [0.1, 0.15) is 0 Å². The van der Waals surface area contributed by atoms with Gasteiger partial charge in [-0.05, 0) is 17.0 Å². The van der Waals surface area contributed by atoms with Gasteiger partial charge >= 0.3 is 0 Å². The van der Waals surface area contributed by atoms with Gasteiger partial charge in [0, 0.05) is 12.8 Å². The first-order valence-electron chi connectivity index (χ1n) is 6.56. The van der Waals surface area contributed by atoms with E-state index in [9.17, 15) is 8.42 Å². The van der Waals surface area contributed by atoms with Gasteiger partial charge in [0.25, 0.3) is 0 Å². The summed E-state index contributed by atoms with van der Waals surface area (Å²) in [6.07, 6.45) is 1.23. The van der Waals surface area contributed by atoms with Crippen molar-refractivity contribution in [2.45, 2.75) is 26.1 Å². The number of hydrogen-bond donors (Lipinski definition) is 2. The number of guanidine groups is 1. The van der Waals surface area contributed by atoms with Gasteiger partial charge < -0.3 is 11.1 Å². The highest BCUT2D eigenvalue weighted by atomic mass is 127. The molecule has 0 saturated heterocycles. The van der Waals surface area contributed by atoms with Crippen molar-refractivity contribution in [1.29, 1.82) is 0 Å². The molecule has 120 valence electrons. The summed E-state index contributed by atoms with van der Waals surface area (Å²) in [5.74, 6) is 0.895. The van der Waals surface area contributed by atoms with E-state index in [0.29, 0.717) is 18.4 Å². The van der Waals surface area contributed by atoms with E-state index in [-0.39, 0.29) is 29.7 Å². The van der Waals surface area contributed by atoms with Crippen LogP contribution in [0.5, 0.6) is 0 Å². The highest BCUT2D eigenvalue weighted by molar-refractivity contribution is 14.0. The van der Waals surface area contributed by atoms with Crippen LogP contribution in [0.4, 0.5) is 0 Å². The lowest BCUT2D eigenvalue weighted by molar-refractivity contribution is 0.601. The van der Waals surface area contributed by atoms with Crippen LogP contribution in [0.2, 0.25) is 0 Å². The van der Waals surface area contributed by atoms with E-state index in [1.807, 2.05) is 24.3 Å². The second-order valence-electron chi connectivity index (χ2n) is 5.32. The zero-order valence-corrected chi connectivity index (χ0v) is 15.8. The third-order valence-electron chi connectivity index (χ3n) is 2.65. The molecule has 0 atom stereocenters. The van der Waals surface area contributed by atoms with E-state index in [2.05, 4.69) is 24.2 Å². The monoisotopic (exact) mass is 425 g/mol. The van der Waals surface area contributed by atoms with Crippen molar-refractivity contribution in [2.24, 2.45) is 16.6 Å². The summed E-state index contributed by atoms with van der Waals surface area (Å²) in [6, 6.07) is 7.38. The highest BCUT2D eigenvalue weighted by Crippen LogP contribution is 2.13. The topological polar surface area (TPSA) is 84.5 Å². The highest BCUT2D eigenvalue weighted by Gasteiger charge is 2.08. The predicted octanol–water partition coefficient (Wildman–Crippen LogP) is 1.91. The summed E-state index contributed by atoms with van der Waals surface area (Å²) in [5, 5.41) is 3.03. The van der Waals surface area contributed by atoms with Gasteiger partial charge in [-0.3, -0.25) is 0 Å². The first-order valence-corrected chi connectivity index (χ1v) is 8.62. The van der Waals surface area contributed by atoms with E-state index in [4.69, 9.17) is 5.73 Å². The molecule has 0 unspecified atom stereocenters. The van der Waals surface area contributed by atoms with Crippen LogP contribution in [-0.2, 0) is 22.1 Å². The molecule has 0 aliphatic heterocycles. The van der Waals surface area contributed by atoms with Crippen LogP contribution in [-0.4, -0.2) is 27.2 Å². The van der Waals surface area contributed by atoms with Crippen LogP contribution in [0.3, 0.4) is 0 Å². The van der Waals surface area contributed by atoms with Crippen LogP contribution < -0.4 is 11.1 Å². The molecule has 0 spiro atoms. The molecule has 3 N–H and O–H groups in total. The average molecular weight is 425 g/mol. The van der Waals surface area contributed by atoms with Gasteiger partial charge in [-0.1, -0.05) is 38.1 Å². The lowest BCUT2D eigenvalue weighted by Gasteiger charge is -2.09. The van der Waals surface area contributed by atoms with E-state index < -0.39 is 9.84 Å². The molecule has 0 aliphatic rings. The molecule has 0 saturated carbocycles. The summed E-state index contributed by atoms with van der Waals surface area (Å²) in [5.41, 5.74) is 7.42. The van der Waals surface area contributed by atoms with Gasteiger partial charge in [-0.15, -0.1) is 24.0 Å². The Morgan fingerprint density at radius 2 is 1.86 bits per heavy atom. The van der Waals surface area contributed by atoms with Crippen LogP contribution in [0.15, 0.2) is 29.3 Å². The molecule has 0 fully saturated rings. The first kappa shape index (κ1) is 20.2. The molecule has 1 aromatic carbocycles. The molecule has 5 nitrogen and oxygen atoms in total. The zero-order chi connectivity index (χ0) is 15.2. The Kier molecular flexibility index (Phi) is 8.88. The molecule has 7 heteroatoms. The third kappa shape index (κ3) is 8.92. The van der Waals surface area contributed by atoms with E-state index in [1.165, 1.54) is 6.26 Å². The Labute approximate surface area is 144 Å². The zero-order valence-electron chi connectivity index (χ0n) is 12.7. The van der Waals surface area contributed by atoms with Crippen molar-refractivity contribution >= 4 is 39.8 Å². The number of hydrogen-bond acceptors (Lipinski definition) is 3. The van der Waals surface area contributed by atoms with Crippen LogP contribution in [0, 0.1) is 5.92 Å². The molecule has 1 rings (SSSR count). The van der Waals surface area contributed by atoms with Gasteiger partial charge in [-0.2, -0.15) is 0 Å². The van der Waals surface area contributed by atoms with Gasteiger partial charge in [-0.25, -0.2) is 13.4 Å². The van der Waals surface area contributed by atoms with Crippen molar-refractivity contribution in [1.82, 2.24) is 5.32 Å². The Morgan fingerprint density at radius 1 is 1.29 bits per heavy atom. The summed E-state index contributed by atoms with van der Waals surface area (Å²) in [7, 11) is -3.06. The second kappa shape index (κ2) is 9.24. The first-order chi connectivity index (χ1) is 9.28. The Hall–Kier alpha value is -0.830. The number of nitrogens with zero attached hydrogens (tertiary/aromatic N) is 1. The lowest BCUT2D eigenvalue weighted by Crippen LogP contribution is -2.34. The van der Waals surface area contributed by atoms with E-state index in [1.54, 1.807) is 0 Å². The largest absolute Gasteiger partial charge is 0.370 e. The summed E-state index contributed by atoms with van der Waals surface area (Å²) in [6.45, 7) is 5.31. The fourth-order valence-corrected chi connectivity index (χ4v) is 2.52. The molecule has 0 aromatic heterocycles. The number of aliphatic imine (C=N–C) groups is 1. The average Bonchev–Trinajstić information content (AvgIpc) is 2.33. The molecule has 0 bridgehead atoms. The molecule has 21 heavy (non-hydrogen) atoms. The Bertz CT molecular complexity index is 571. The quantitative estimate of drug-likeness (QED) is 0.414. The van der Waals surface area contributed by atoms with Crippen molar-refractivity contribution in [2.75, 3.05) is 12.8 Å². The maximum Gasteiger partial charge on any atom is 0.188 e. The van der Waals surface area contributed by atoms with Gasteiger partial charge in [0.15, 0.2) is 15.8 Å². The molecule has 1 aromatic rings. The molecular formula is C14H24IN3O2S. The van der Waals surface area contributed by atoms with Crippen LogP contribution in [0.25, 0.3) is 0 Å². The number of nitrogens with one attached hydrogen (secondary N) is 1. The van der Waals surface area contributed by atoms with Gasteiger partial charge in [0.05, 0.1) is 12.3 Å². The van der Waals surface area contributed by atoms with Crippen molar-refractivity contribution in [3.63, 3.8) is 0 Å². The van der Waals surface area contributed by atoms with Crippen LogP contribution >= 0.6 is 24.0 Å². The fraction of sp³-hybridized carbons (Fsp3) is 0.500.